The number of para-hydroxylation sites is 1. The lowest BCUT2D eigenvalue weighted by molar-refractivity contribution is -0.128. The van der Waals surface area contributed by atoms with Gasteiger partial charge >= 0.3 is 0 Å². The molecule has 0 heterocycles. The van der Waals surface area contributed by atoms with Gasteiger partial charge in [-0.1, -0.05) is 32.4 Å². The van der Waals surface area contributed by atoms with Crippen LogP contribution in [0.2, 0.25) is 0 Å². The van der Waals surface area contributed by atoms with Crippen molar-refractivity contribution >= 4 is 5.91 Å². The van der Waals surface area contributed by atoms with Crippen molar-refractivity contribution in [3.05, 3.63) is 30.1 Å². The highest BCUT2D eigenvalue weighted by Gasteiger charge is 2.18. The van der Waals surface area contributed by atoms with E-state index < -0.39 is 11.9 Å². The fraction of sp³-hybridized carbons (Fsp3) is 0.500. The van der Waals surface area contributed by atoms with Crippen LogP contribution in [0.25, 0.3) is 0 Å². The highest BCUT2D eigenvalue weighted by Crippen LogP contribution is 2.18. The second-order valence-electron chi connectivity index (χ2n) is 4.09. The quantitative estimate of drug-likeness (QED) is 0.759. The average Bonchev–Trinajstić information content (AvgIpc) is 2.38. The molecule has 3 nitrogen and oxygen atoms in total. The van der Waals surface area contributed by atoms with E-state index in [9.17, 15) is 9.18 Å². The maximum Gasteiger partial charge on any atom is 0.261 e. The lowest BCUT2D eigenvalue weighted by Gasteiger charge is -2.17. The molecule has 0 saturated heterocycles. The van der Waals surface area contributed by atoms with Gasteiger partial charge in [-0.3, -0.25) is 4.79 Å². The molecule has 0 fully saturated rings. The Bertz CT molecular complexity index is 382. The van der Waals surface area contributed by atoms with Gasteiger partial charge in [0, 0.05) is 6.54 Å². The fourth-order valence-electron chi connectivity index (χ4n) is 1.52. The average molecular weight is 253 g/mol. The zero-order chi connectivity index (χ0) is 13.4. The summed E-state index contributed by atoms with van der Waals surface area (Å²) >= 11 is 0. The number of unbranched alkanes of at least 4 members (excludes halogenated alkanes) is 1. The Kier molecular flexibility index (Phi) is 6.19. The molecule has 0 aliphatic rings. The number of halogens is 1. The number of nitrogens with one attached hydrogen (secondary N) is 1. The summed E-state index contributed by atoms with van der Waals surface area (Å²) in [5.41, 5.74) is 0. The van der Waals surface area contributed by atoms with Gasteiger partial charge in [-0.15, -0.1) is 0 Å². The monoisotopic (exact) mass is 253 g/mol. The van der Waals surface area contributed by atoms with Gasteiger partial charge in [0.25, 0.3) is 5.91 Å². The predicted molar refractivity (Wildman–Crippen MR) is 69.0 cm³/mol. The smallest absolute Gasteiger partial charge is 0.261 e. The van der Waals surface area contributed by atoms with Crippen molar-refractivity contribution in [1.82, 2.24) is 5.32 Å². The summed E-state index contributed by atoms with van der Waals surface area (Å²) in [4.78, 5) is 11.8. The third-order valence-electron chi connectivity index (χ3n) is 2.60. The Labute approximate surface area is 107 Å². The lowest BCUT2D eigenvalue weighted by atomic mass is 10.2. The number of carbonyl (C=O) groups excluding carboxylic acids is 1. The molecule has 0 aliphatic carbocycles. The molecule has 1 rings (SSSR count). The third kappa shape index (κ3) is 4.35. The molecule has 1 aromatic rings. The Morgan fingerprint density at radius 1 is 1.39 bits per heavy atom. The maximum atomic E-state index is 13.4. The molecular formula is C14H20FNO2. The second kappa shape index (κ2) is 7.69. The molecule has 1 N–H and O–H groups in total. The molecule has 0 aromatic heterocycles. The van der Waals surface area contributed by atoms with Crippen LogP contribution < -0.4 is 10.1 Å². The van der Waals surface area contributed by atoms with Crippen LogP contribution in [0.3, 0.4) is 0 Å². The van der Waals surface area contributed by atoms with Gasteiger partial charge in [0.1, 0.15) is 0 Å². The van der Waals surface area contributed by atoms with Crippen LogP contribution in [0, 0.1) is 5.82 Å². The van der Waals surface area contributed by atoms with Crippen LogP contribution in [0.15, 0.2) is 24.3 Å². The van der Waals surface area contributed by atoms with Gasteiger partial charge in [0.15, 0.2) is 17.7 Å². The SMILES string of the molecule is CCCCNC(=O)[C@H](CC)Oc1ccccc1F. The van der Waals surface area contributed by atoms with E-state index >= 15 is 0 Å². The van der Waals surface area contributed by atoms with Crippen LogP contribution in [-0.2, 0) is 4.79 Å². The third-order valence-corrected chi connectivity index (χ3v) is 2.60. The molecule has 0 radical (unpaired) electrons. The van der Waals surface area contributed by atoms with Crippen LogP contribution in [0.4, 0.5) is 4.39 Å². The van der Waals surface area contributed by atoms with Crippen molar-refractivity contribution in [3.8, 4) is 5.75 Å². The van der Waals surface area contributed by atoms with E-state index in [0.717, 1.165) is 12.8 Å². The first kappa shape index (κ1) is 14.5. The summed E-state index contributed by atoms with van der Waals surface area (Å²) in [7, 11) is 0. The Hall–Kier alpha value is -1.58. The number of carbonyl (C=O) groups is 1. The minimum Gasteiger partial charge on any atom is -0.478 e. The number of hydrogen-bond donors (Lipinski definition) is 1. The molecule has 1 amide bonds. The van der Waals surface area contributed by atoms with Gasteiger partial charge in [0.2, 0.25) is 0 Å². The molecule has 0 aliphatic heterocycles. The zero-order valence-electron chi connectivity index (χ0n) is 10.9. The molecule has 4 heteroatoms. The van der Waals surface area contributed by atoms with Gasteiger partial charge in [-0.25, -0.2) is 4.39 Å². The van der Waals surface area contributed by atoms with Gasteiger partial charge in [-0.05, 0) is 25.0 Å². The van der Waals surface area contributed by atoms with Gasteiger partial charge < -0.3 is 10.1 Å². The van der Waals surface area contributed by atoms with E-state index in [1.54, 1.807) is 12.1 Å². The number of ether oxygens (including phenoxy) is 1. The molecule has 0 unspecified atom stereocenters. The van der Waals surface area contributed by atoms with Gasteiger partial charge in [0.05, 0.1) is 0 Å². The summed E-state index contributed by atoms with van der Waals surface area (Å²) in [6, 6.07) is 6.11. The summed E-state index contributed by atoms with van der Waals surface area (Å²) in [5, 5.41) is 2.79. The molecule has 1 aromatic carbocycles. The maximum absolute atomic E-state index is 13.4. The van der Waals surface area contributed by atoms with E-state index in [1.807, 2.05) is 6.92 Å². The number of amides is 1. The largest absolute Gasteiger partial charge is 0.478 e. The second-order valence-corrected chi connectivity index (χ2v) is 4.09. The normalized spacial score (nSPS) is 11.9. The zero-order valence-corrected chi connectivity index (χ0v) is 10.9. The van der Waals surface area contributed by atoms with Crippen LogP contribution in [-0.4, -0.2) is 18.6 Å². The predicted octanol–water partition coefficient (Wildman–Crippen LogP) is 2.90. The molecule has 1 atom stereocenters. The molecule has 18 heavy (non-hydrogen) atoms. The van der Waals surface area contributed by atoms with E-state index in [2.05, 4.69) is 12.2 Å². The summed E-state index contributed by atoms with van der Waals surface area (Å²) < 4.78 is 18.8. The van der Waals surface area contributed by atoms with E-state index in [0.29, 0.717) is 13.0 Å². The van der Waals surface area contributed by atoms with Crippen molar-refractivity contribution < 1.29 is 13.9 Å². The lowest BCUT2D eigenvalue weighted by Crippen LogP contribution is -2.38. The van der Waals surface area contributed by atoms with E-state index in [-0.39, 0.29) is 11.7 Å². The summed E-state index contributed by atoms with van der Waals surface area (Å²) in [6.07, 6.45) is 1.82. The van der Waals surface area contributed by atoms with Gasteiger partial charge in [-0.2, -0.15) is 0 Å². The van der Waals surface area contributed by atoms with Crippen molar-refractivity contribution in [2.24, 2.45) is 0 Å². The Balaban J connectivity index is 2.56. The fourth-order valence-corrected chi connectivity index (χ4v) is 1.52. The van der Waals surface area contributed by atoms with Crippen LogP contribution in [0.5, 0.6) is 5.75 Å². The van der Waals surface area contributed by atoms with Crippen LogP contribution >= 0.6 is 0 Å². The topological polar surface area (TPSA) is 38.3 Å². The van der Waals surface area contributed by atoms with Crippen molar-refractivity contribution in [3.63, 3.8) is 0 Å². The van der Waals surface area contributed by atoms with E-state index in [1.165, 1.54) is 12.1 Å². The highest BCUT2D eigenvalue weighted by atomic mass is 19.1. The molecular weight excluding hydrogens is 233 g/mol. The first-order chi connectivity index (χ1) is 8.69. The van der Waals surface area contributed by atoms with Crippen LogP contribution in [0.1, 0.15) is 33.1 Å². The number of rotatable bonds is 7. The minimum atomic E-state index is -0.640. The molecule has 100 valence electrons. The summed E-state index contributed by atoms with van der Waals surface area (Å²) in [5.74, 6) is -0.512. The Morgan fingerprint density at radius 3 is 2.72 bits per heavy atom. The standard InChI is InChI=1S/C14H20FNO2/c1-3-5-10-16-14(17)12(4-2)18-13-9-7-6-8-11(13)15/h6-9,12H,3-5,10H2,1-2H3,(H,16,17)/t12-/m0/s1. The summed E-state index contributed by atoms with van der Waals surface area (Å²) in [6.45, 7) is 4.52. The minimum absolute atomic E-state index is 0.120. The molecule has 0 saturated carbocycles. The number of benzene rings is 1. The van der Waals surface area contributed by atoms with E-state index in [4.69, 9.17) is 4.74 Å². The molecule has 0 spiro atoms. The highest BCUT2D eigenvalue weighted by molar-refractivity contribution is 5.81. The van der Waals surface area contributed by atoms with Crippen molar-refractivity contribution in [2.45, 2.75) is 39.2 Å². The first-order valence-electron chi connectivity index (χ1n) is 6.37. The number of hydrogen-bond acceptors (Lipinski definition) is 2. The first-order valence-corrected chi connectivity index (χ1v) is 6.37. The Morgan fingerprint density at radius 2 is 2.11 bits per heavy atom. The molecule has 0 bridgehead atoms. The van der Waals surface area contributed by atoms with Crippen molar-refractivity contribution in [1.29, 1.82) is 0 Å². The van der Waals surface area contributed by atoms with Crippen molar-refractivity contribution in [2.75, 3.05) is 6.54 Å².